The molecule has 2 heterocycles. The minimum Gasteiger partial charge on any atom is -0.369 e. The largest absolute Gasteiger partial charge is 0.369 e. The second kappa shape index (κ2) is 12.2. The van der Waals surface area contributed by atoms with Crippen molar-refractivity contribution in [2.75, 3.05) is 18.8 Å². The molecule has 1 fully saturated rings. The van der Waals surface area contributed by atoms with E-state index in [4.69, 9.17) is 10.7 Å². The lowest BCUT2D eigenvalue weighted by molar-refractivity contribution is -0.132. The molecule has 7 nitrogen and oxygen atoms in total. The minimum absolute atomic E-state index is 0.0476. The van der Waals surface area contributed by atoms with Crippen LogP contribution in [0.3, 0.4) is 0 Å². The van der Waals surface area contributed by atoms with Gasteiger partial charge in [-0.15, -0.1) is 0 Å². The zero-order valence-electron chi connectivity index (χ0n) is 19.8. The van der Waals surface area contributed by atoms with E-state index in [0.29, 0.717) is 35.7 Å². The van der Waals surface area contributed by atoms with Gasteiger partial charge >= 0.3 is 0 Å². The van der Waals surface area contributed by atoms with Gasteiger partial charge in [-0.1, -0.05) is 63.4 Å². The van der Waals surface area contributed by atoms with E-state index in [2.05, 4.69) is 13.8 Å². The third kappa shape index (κ3) is 7.06. The molecule has 8 heteroatoms. The van der Waals surface area contributed by atoms with Crippen molar-refractivity contribution in [1.29, 1.82) is 0 Å². The molecule has 2 aromatic rings. The molecule has 2 N–H and O–H groups in total. The fourth-order valence-electron chi connectivity index (χ4n) is 4.28. The van der Waals surface area contributed by atoms with Crippen LogP contribution in [-0.4, -0.2) is 45.1 Å². The predicted molar refractivity (Wildman–Crippen MR) is 133 cm³/mol. The van der Waals surface area contributed by atoms with Gasteiger partial charge in [0.25, 0.3) is 5.56 Å². The summed E-state index contributed by atoms with van der Waals surface area (Å²) in [7, 11) is 0. The smallest absolute Gasteiger partial charge is 0.262 e. The van der Waals surface area contributed by atoms with E-state index in [9.17, 15) is 14.4 Å². The van der Waals surface area contributed by atoms with E-state index in [1.54, 1.807) is 15.5 Å². The van der Waals surface area contributed by atoms with Crippen LogP contribution in [0, 0.1) is 11.8 Å². The van der Waals surface area contributed by atoms with Gasteiger partial charge in [0.05, 0.1) is 22.6 Å². The number of para-hydroxylation sites is 1. The fourth-order valence-corrected chi connectivity index (χ4v) is 5.21. The first-order valence-corrected chi connectivity index (χ1v) is 13.0. The summed E-state index contributed by atoms with van der Waals surface area (Å²) in [6.45, 7) is 6.09. The number of carbonyl (C=O) groups is 2. The second-order valence-corrected chi connectivity index (χ2v) is 10.3. The van der Waals surface area contributed by atoms with E-state index in [-0.39, 0.29) is 29.0 Å². The van der Waals surface area contributed by atoms with E-state index >= 15 is 0 Å². The third-order valence-electron chi connectivity index (χ3n) is 6.24. The normalized spacial score (nSPS) is 16.5. The molecule has 1 saturated heterocycles. The van der Waals surface area contributed by atoms with Crippen molar-refractivity contribution < 1.29 is 9.59 Å². The summed E-state index contributed by atoms with van der Waals surface area (Å²) in [5.41, 5.74) is 6.04. The number of fused-ring (bicyclic) bond motifs is 1. The number of unbranched alkanes of at least 4 members (excludes halogenated alkanes) is 3. The van der Waals surface area contributed by atoms with Gasteiger partial charge in [0, 0.05) is 19.6 Å². The molecule has 0 saturated carbocycles. The number of hydrogen-bond donors (Lipinski definition) is 1. The Hall–Kier alpha value is -2.35. The van der Waals surface area contributed by atoms with Gasteiger partial charge in [-0.3, -0.25) is 19.0 Å². The molecule has 0 radical (unpaired) electrons. The number of benzene rings is 1. The molecule has 3 rings (SSSR count). The van der Waals surface area contributed by atoms with Crippen molar-refractivity contribution in [2.24, 2.45) is 17.6 Å². The number of thioether (sulfide) groups is 1. The highest BCUT2D eigenvalue weighted by Gasteiger charge is 2.27. The molecule has 1 unspecified atom stereocenters. The molecule has 0 bridgehead atoms. The molecule has 1 aliphatic rings. The standard InChI is InChI=1S/C25H36N4O3S/c1-18(2)10-5-3-4-8-15-29-24(32)20-12-6-7-13-21(20)27-25(29)33-17-22(30)28-14-9-11-19(16-28)23(26)31/h6-7,12-13,18-19H,3-5,8-11,14-17H2,1-2H3,(H2,26,31). The Morgan fingerprint density at radius 2 is 1.94 bits per heavy atom. The van der Waals surface area contributed by atoms with E-state index < -0.39 is 0 Å². The molecule has 0 spiro atoms. The van der Waals surface area contributed by atoms with Crippen LogP contribution in [0.4, 0.5) is 0 Å². The highest BCUT2D eigenvalue weighted by atomic mass is 32.2. The number of primary amides is 1. The highest BCUT2D eigenvalue weighted by molar-refractivity contribution is 7.99. The SMILES string of the molecule is CC(C)CCCCCCn1c(SCC(=O)N2CCCC(C(N)=O)C2)nc2ccccc2c1=O. The number of carbonyl (C=O) groups excluding carboxylic acids is 2. The number of likely N-dealkylation sites (tertiary alicyclic amines) is 1. The number of amides is 2. The topological polar surface area (TPSA) is 98.3 Å². The van der Waals surface area contributed by atoms with Gasteiger partial charge in [0.2, 0.25) is 11.8 Å². The average Bonchev–Trinajstić information content (AvgIpc) is 2.81. The molecule has 1 atom stereocenters. The Morgan fingerprint density at radius 3 is 2.70 bits per heavy atom. The summed E-state index contributed by atoms with van der Waals surface area (Å²) in [5, 5.41) is 1.19. The first kappa shape index (κ1) is 25.3. The average molecular weight is 473 g/mol. The molecule has 180 valence electrons. The van der Waals surface area contributed by atoms with Gasteiger partial charge in [-0.05, 0) is 37.3 Å². The predicted octanol–water partition coefficient (Wildman–Crippen LogP) is 3.82. The highest BCUT2D eigenvalue weighted by Crippen LogP contribution is 2.22. The lowest BCUT2D eigenvalue weighted by atomic mass is 9.97. The summed E-state index contributed by atoms with van der Waals surface area (Å²) in [4.78, 5) is 44.0. The molecule has 1 aromatic heterocycles. The van der Waals surface area contributed by atoms with Crippen LogP contribution in [0.2, 0.25) is 0 Å². The Bertz CT molecular complexity index is 1020. The van der Waals surface area contributed by atoms with Crippen LogP contribution in [0.15, 0.2) is 34.2 Å². The third-order valence-corrected chi connectivity index (χ3v) is 7.20. The number of piperidine rings is 1. The summed E-state index contributed by atoms with van der Waals surface area (Å²) >= 11 is 1.30. The van der Waals surface area contributed by atoms with Crippen molar-refractivity contribution in [1.82, 2.24) is 14.5 Å². The van der Waals surface area contributed by atoms with Crippen molar-refractivity contribution >= 4 is 34.5 Å². The van der Waals surface area contributed by atoms with Crippen LogP contribution in [0.1, 0.15) is 58.8 Å². The monoisotopic (exact) mass is 472 g/mol. The first-order chi connectivity index (χ1) is 15.9. The van der Waals surface area contributed by atoms with Crippen molar-refractivity contribution in [2.45, 2.75) is 70.5 Å². The van der Waals surface area contributed by atoms with E-state index in [1.165, 1.54) is 24.6 Å². The van der Waals surface area contributed by atoms with Crippen molar-refractivity contribution in [3.63, 3.8) is 0 Å². The second-order valence-electron chi connectivity index (χ2n) is 9.34. The summed E-state index contributed by atoms with van der Waals surface area (Å²) < 4.78 is 1.73. The lowest BCUT2D eigenvalue weighted by Gasteiger charge is -2.31. The van der Waals surface area contributed by atoms with Gasteiger partial charge in [-0.2, -0.15) is 0 Å². The van der Waals surface area contributed by atoms with Crippen LogP contribution in [0.25, 0.3) is 10.9 Å². The maximum Gasteiger partial charge on any atom is 0.262 e. The van der Waals surface area contributed by atoms with Gasteiger partial charge in [0.15, 0.2) is 5.16 Å². The van der Waals surface area contributed by atoms with E-state index in [0.717, 1.165) is 38.0 Å². The Labute approximate surface area is 200 Å². The van der Waals surface area contributed by atoms with Crippen LogP contribution in [-0.2, 0) is 16.1 Å². The number of nitrogens with zero attached hydrogens (tertiary/aromatic N) is 3. The van der Waals surface area contributed by atoms with Crippen LogP contribution < -0.4 is 11.3 Å². The van der Waals surface area contributed by atoms with Gasteiger partial charge < -0.3 is 10.6 Å². The minimum atomic E-state index is -0.349. The summed E-state index contributed by atoms with van der Waals surface area (Å²) in [6.07, 6.45) is 7.08. The Morgan fingerprint density at radius 1 is 1.18 bits per heavy atom. The number of rotatable bonds is 11. The molecular formula is C25H36N4O3S. The van der Waals surface area contributed by atoms with Crippen LogP contribution >= 0.6 is 11.8 Å². The summed E-state index contributed by atoms with van der Waals surface area (Å²) in [6, 6.07) is 7.36. The van der Waals surface area contributed by atoms with Crippen molar-refractivity contribution in [3.05, 3.63) is 34.6 Å². The molecule has 0 aliphatic carbocycles. The zero-order valence-corrected chi connectivity index (χ0v) is 20.6. The van der Waals surface area contributed by atoms with Gasteiger partial charge in [0.1, 0.15) is 0 Å². The number of aromatic nitrogens is 2. The maximum atomic E-state index is 13.2. The molecular weight excluding hydrogens is 436 g/mol. The fraction of sp³-hybridized carbons (Fsp3) is 0.600. The number of nitrogens with two attached hydrogens (primary N) is 1. The van der Waals surface area contributed by atoms with E-state index in [1.807, 2.05) is 18.2 Å². The zero-order chi connectivity index (χ0) is 23.8. The Balaban J connectivity index is 1.68. The molecule has 1 aliphatic heterocycles. The van der Waals surface area contributed by atoms with Crippen LogP contribution in [0.5, 0.6) is 0 Å². The molecule has 33 heavy (non-hydrogen) atoms. The summed E-state index contributed by atoms with van der Waals surface area (Å²) in [5.74, 6) is 0.230. The lowest BCUT2D eigenvalue weighted by Crippen LogP contribution is -2.44. The molecule has 2 amide bonds. The first-order valence-electron chi connectivity index (χ1n) is 12.1. The maximum absolute atomic E-state index is 13.2. The quantitative estimate of drug-likeness (QED) is 0.305. The van der Waals surface area contributed by atoms with Gasteiger partial charge in [-0.25, -0.2) is 4.98 Å². The molecule has 1 aromatic carbocycles. The number of hydrogen-bond acceptors (Lipinski definition) is 5. The Kier molecular flexibility index (Phi) is 9.35. The van der Waals surface area contributed by atoms with Crippen molar-refractivity contribution in [3.8, 4) is 0 Å².